The number of anilines is 1. The van der Waals surface area contributed by atoms with E-state index in [9.17, 15) is 0 Å². The van der Waals surface area contributed by atoms with Crippen molar-refractivity contribution in [2.45, 2.75) is 34.6 Å². The maximum Gasteiger partial charge on any atom is 0.145 e. The summed E-state index contributed by atoms with van der Waals surface area (Å²) in [7, 11) is 1.72. The molecule has 0 aliphatic heterocycles. The van der Waals surface area contributed by atoms with Crippen molar-refractivity contribution in [3.8, 4) is 5.75 Å². The predicted molar refractivity (Wildman–Crippen MR) is 78.5 cm³/mol. The fraction of sp³-hybridized carbons (Fsp3) is 0.600. The number of hydrogen-bond donors (Lipinski definition) is 2. The van der Waals surface area contributed by atoms with Crippen LogP contribution in [0.1, 0.15) is 30.5 Å². The van der Waals surface area contributed by atoms with E-state index < -0.39 is 0 Å². The Kier molecular flexibility index (Phi) is 4.63. The second-order valence-electron chi connectivity index (χ2n) is 5.77. The van der Waals surface area contributed by atoms with Gasteiger partial charge in [-0.3, -0.25) is 0 Å². The average Bonchev–Trinajstić information content (AvgIpc) is 2.32. The van der Waals surface area contributed by atoms with Gasteiger partial charge < -0.3 is 15.8 Å². The minimum Gasteiger partial charge on any atom is -0.494 e. The number of hydrogen-bond acceptors (Lipinski definition) is 3. The van der Waals surface area contributed by atoms with Crippen molar-refractivity contribution in [1.82, 2.24) is 0 Å². The first-order valence-corrected chi connectivity index (χ1v) is 6.41. The van der Waals surface area contributed by atoms with Crippen LogP contribution in [0.4, 0.5) is 5.69 Å². The summed E-state index contributed by atoms with van der Waals surface area (Å²) in [6, 6.07) is 2.19. The lowest BCUT2D eigenvalue weighted by Crippen LogP contribution is -2.31. The SMILES string of the molecule is COc1c(C)c(C)cc(C)c1NCC(C)(C)CN. The monoisotopic (exact) mass is 250 g/mol. The van der Waals surface area contributed by atoms with Crippen LogP contribution in [0.5, 0.6) is 5.75 Å². The molecule has 3 heteroatoms. The highest BCUT2D eigenvalue weighted by molar-refractivity contribution is 5.66. The minimum absolute atomic E-state index is 0.0796. The van der Waals surface area contributed by atoms with Gasteiger partial charge in [-0.25, -0.2) is 0 Å². The van der Waals surface area contributed by atoms with E-state index in [4.69, 9.17) is 10.5 Å². The van der Waals surface area contributed by atoms with E-state index in [1.54, 1.807) is 7.11 Å². The quantitative estimate of drug-likeness (QED) is 0.844. The zero-order chi connectivity index (χ0) is 13.9. The van der Waals surface area contributed by atoms with Crippen molar-refractivity contribution in [1.29, 1.82) is 0 Å². The Morgan fingerprint density at radius 3 is 2.33 bits per heavy atom. The van der Waals surface area contributed by atoms with E-state index in [1.165, 1.54) is 16.7 Å². The van der Waals surface area contributed by atoms with Gasteiger partial charge in [0.1, 0.15) is 5.75 Å². The van der Waals surface area contributed by atoms with Crippen LogP contribution in [0.3, 0.4) is 0 Å². The normalized spacial score (nSPS) is 11.5. The summed E-state index contributed by atoms with van der Waals surface area (Å²) in [5.74, 6) is 0.945. The molecule has 1 aromatic rings. The molecule has 1 rings (SSSR count). The number of aryl methyl sites for hydroxylation is 2. The van der Waals surface area contributed by atoms with E-state index >= 15 is 0 Å². The molecule has 0 saturated carbocycles. The summed E-state index contributed by atoms with van der Waals surface area (Å²) in [6.07, 6.45) is 0. The Morgan fingerprint density at radius 2 is 1.83 bits per heavy atom. The second kappa shape index (κ2) is 5.61. The predicted octanol–water partition coefficient (Wildman–Crippen LogP) is 3.02. The lowest BCUT2D eigenvalue weighted by Gasteiger charge is -2.25. The summed E-state index contributed by atoms with van der Waals surface area (Å²) >= 11 is 0. The Labute approximate surface area is 111 Å². The molecule has 0 aliphatic rings. The molecule has 3 N–H and O–H groups in total. The molecule has 102 valence electrons. The zero-order valence-corrected chi connectivity index (χ0v) is 12.5. The smallest absolute Gasteiger partial charge is 0.145 e. The molecule has 0 spiro atoms. The molecular formula is C15H26N2O. The van der Waals surface area contributed by atoms with Gasteiger partial charge in [-0.05, 0) is 49.4 Å². The third-order valence-corrected chi connectivity index (χ3v) is 3.49. The van der Waals surface area contributed by atoms with Crippen LogP contribution in [0, 0.1) is 26.2 Å². The summed E-state index contributed by atoms with van der Waals surface area (Å²) in [6.45, 7) is 12.1. The summed E-state index contributed by atoms with van der Waals surface area (Å²) in [4.78, 5) is 0. The molecule has 18 heavy (non-hydrogen) atoms. The fourth-order valence-electron chi connectivity index (χ4n) is 1.93. The number of nitrogens with two attached hydrogens (primary N) is 1. The molecule has 0 radical (unpaired) electrons. The van der Waals surface area contributed by atoms with Crippen molar-refractivity contribution in [3.05, 3.63) is 22.8 Å². The molecule has 0 saturated heterocycles. The molecule has 1 aromatic carbocycles. The number of benzene rings is 1. The van der Waals surface area contributed by atoms with Gasteiger partial charge in [-0.1, -0.05) is 19.9 Å². The number of ether oxygens (including phenoxy) is 1. The minimum atomic E-state index is 0.0796. The molecule has 0 unspecified atom stereocenters. The highest BCUT2D eigenvalue weighted by atomic mass is 16.5. The maximum atomic E-state index is 5.76. The van der Waals surface area contributed by atoms with Crippen molar-refractivity contribution in [2.75, 3.05) is 25.5 Å². The molecular weight excluding hydrogens is 224 g/mol. The first-order chi connectivity index (χ1) is 8.32. The first kappa shape index (κ1) is 14.8. The van der Waals surface area contributed by atoms with Gasteiger partial charge in [0.05, 0.1) is 12.8 Å². The van der Waals surface area contributed by atoms with Crippen LogP contribution < -0.4 is 15.8 Å². The van der Waals surface area contributed by atoms with E-state index in [0.717, 1.165) is 18.0 Å². The standard InChI is InChI=1S/C15H26N2O/c1-10-7-11(2)13(14(18-6)12(10)3)17-9-15(4,5)8-16/h7,17H,8-9,16H2,1-6H3. The van der Waals surface area contributed by atoms with Crippen molar-refractivity contribution in [3.63, 3.8) is 0 Å². The van der Waals surface area contributed by atoms with Crippen LogP contribution in [0.25, 0.3) is 0 Å². The van der Waals surface area contributed by atoms with Gasteiger partial charge in [0.15, 0.2) is 0 Å². The van der Waals surface area contributed by atoms with Crippen LogP contribution >= 0.6 is 0 Å². The summed E-state index contributed by atoms with van der Waals surface area (Å²) < 4.78 is 5.54. The molecule has 0 aromatic heterocycles. The van der Waals surface area contributed by atoms with E-state index in [2.05, 4.69) is 46.0 Å². The van der Waals surface area contributed by atoms with Gasteiger partial charge in [0.25, 0.3) is 0 Å². The molecule has 0 fully saturated rings. The van der Waals surface area contributed by atoms with Crippen LogP contribution in [0.15, 0.2) is 6.07 Å². The third kappa shape index (κ3) is 3.16. The Balaban J connectivity index is 3.05. The summed E-state index contributed by atoms with van der Waals surface area (Å²) in [5, 5.41) is 3.49. The molecule has 0 amide bonds. The molecule has 0 bridgehead atoms. The lowest BCUT2D eigenvalue weighted by atomic mass is 9.93. The molecule has 0 heterocycles. The number of methoxy groups -OCH3 is 1. The zero-order valence-electron chi connectivity index (χ0n) is 12.5. The van der Waals surface area contributed by atoms with Crippen LogP contribution in [0.2, 0.25) is 0 Å². The van der Waals surface area contributed by atoms with Crippen LogP contribution in [-0.2, 0) is 0 Å². The Morgan fingerprint density at radius 1 is 1.22 bits per heavy atom. The first-order valence-electron chi connectivity index (χ1n) is 6.41. The van der Waals surface area contributed by atoms with Crippen molar-refractivity contribution >= 4 is 5.69 Å². The number of nitrogens with one attached hydrogen (secondary N) is 1. The topological polar surface area (TPSA) is 47.3 Å². The van der Waals surface area contributed by atoms with Gasteiger partial charge in [-0.15, -0.1) is 0 Å². The maximum absolute atomic E-state index is 5.76. The third-order valence-electron chi connectivity index (χ3n) is 3.49. The summed E-state index contributed by atoms with van der Waals surface area (Å²) in [5.41, 5.74) is 10.6. The van der Waals surface area contributed by atoms with Crippen molar-refractivity contribution < 1.29 is 4.74 Å². The van der Waals surface area contributed by atoms with E-state index in [-0.39, 0.29) is 5.41 Å². The lowest BCUT2D eigenvalue weighted by molar-refractivity contribution is 0.398. The van der Waals surface area contributed by atoms with Gasteiger partial charge >= 0.3 is 0 Å². The molecule has 3 nitrogen and oxygen atoms in total. The van der Waals surface area contributed by atoms with Gasteiger partial charge in [-0.2, -0.15) is 0 Å². The highest BCUT2D eigenvalue weighted by Crippen LogP contribution is 2.34. The largest absolute Gasteiger partial charge is 0.494 e. The highest BCUT2D eigenvalue weighted by Gasteiger charge is 2.18. The fourth-order valence-corrected chi connectivity index (χ4v) is 1.93. The number of rotatable bonds is 5. The second-order valence-corrected chi connectivity index (χ2v) is 5.77. The molecule has 0 aliphatic carbocycles. The molecule has 0 atom stereocenters. The van der Waals surface area contributed by atoms with Gasteiger partial charge in [0, 0.05) is 6.54 Å². The van der Waals surface area contributed by atoms with E-state index in [1.807, 2.05) is 0 Å². The van der Waals surface area contributed by atoms with Crippen LogP contribution in [-0.4, -0.2) is 20.2 Å². The van der Waals surface area contributed by atoms with E-state index in [0.29, 0.717) is 6.54 Å². The average molecular weight is 250 g/mol. The Bertz CT molecular complexity index is 425. The van der Waals surface area contributed by atoms with Crippen molar-refractivity contribution in [2.24, 2.45) is 11.1 Å². The van der Waals surface area contributed by atoms with Gasteiger partial charge in [0.2, 0.25) is 0 Å². The Hall–Kier alpha value is -1.22.